The van der Waals surface area contributed by atoms with Gasteiger partial charge in [0, 0.05) is 27.3 Å². The van der Waals surface area contributed by atoms with Crippen LogP contribution < -0.4 is 14.8 Å². The van der Waals surface area contributed by atoms with Gasteiger partial charge in [-0.1, -0.05) is 0 Å². The van der Waals surface area contributed by atoms with Gasteiger partial charge >= 0.3 is 13.0 Å². The highest BCUT2D eigenvalue weighted by Gasteiger charge is 2.56. The van der Waals surface area contributed by atoms with Gasteiger partial charge in [0.15, 0.2) is 134 Å². The lowest BCUT2D eigenvalue weighted by molar-refractivity contribution is 0.0404. The Morgan fingerprint density at radius 1 is 0.239 bits per heavy atom. The average molecular weight is 986 g/mol. The fourth-order valence-corrected chi connectivity index (χ4v) is 7.88. The summed E-state index contributed by atoms with van der Waals surface area (Å²) in [5.41, 5.74) is -13.8. The third-order valence-electron chi connectivity index (χ3n) is 10.7. The van der Waals surface area contributed by atoms with E-state index >= 15 is 79.0 Å². The number of hydrogen-bond acceptors (Lipinski definition) is 2. The summed E-state index contributed by atoms with van der Waals surface area (Å²) in [6.07, 6.45) is 0. The first-order valence-corrected chi connectivity index (χ1v) is 17.1. The highest BCUT2D eigenvalue weighted by Crippen LogP contribution is 2.59. The van der Waals surface area contributed by atoms with Crippen molar-refractivity contribution in [3.63, 3.8) is 0 Å². The highest BCUT2D eigenvalue weighted by atomic mass is 19.3. The van der Waals surface area contributed by atoms with Gasteiger partial charge in [-0.15, -0.1) is 0 Å². The van der Waals surface area contributed by atoms with Crippen LogP contribution >= 0.6 is 0 Å². The number of rotatable bonds is 5. The Morgan fingerprint density at radius 3 is 1.01 bits per heavy atom. The van der Waals surface area contributed by atoms with Gasteiger partial charge in [-0.25, -0.2) is 92.2 Å². The van der Waals surface area contributed by atoms with Crippen LogP contribution in [0.5, 0.6) is 11.5 Å². The molecular formula is C39BF25O2. The van der Waals surface area contributed by atoms with E-state index in [-0.39, 0.29) is 0 Å². The summed E-state index contributed by atoms with van der Waals surface area (Å²) < 4.78 is 393. The zero-order valence-corrected chi connectivity index (χ0v) is 30.3. The van der Waals surface area contributed by atoms with Crippen LogP contribution in [-0.2, 0) is 5.92 Å². The molecule has 0 aliphatic heterocycles. The lowest BCUT2D eigenvalue weighted by Crippen LogP contribution is -2.47. The molecule has 67 heavy (non-hydrogen) atoms. The Labute approximate surface area is 348 Å². The lowest BCUT2D eigenvalue weighted by atomic mass is 9.72. The Morgan fingerprint density at radius 2 is 0.522 bits per heavy atom. The van der Waals surface area contributed by atoms with Gasteiger partial charge < -0.3 is 9.31 Å². The first-order valence-electron chi connectivity index (χ1n) is 17.1. The molecule has 1 aliphatic rings. The standard InChI is InChI=1S/C39BF25O2/c41-14-3-4-12(39(64,65)11(3)26(53)34(61)29(14)56)38(36(63)32(59)15(4)42)67-40(66-37-10-9(24(51)33(60)35(37)62)23(50)30(57)31(58)25(10)52)13-5-1-2-7(17(44)16(5)43)21(48)28(55)22(49)8(2)19(46)18(45)6(1)20(47)27(13)54. The van der Waals surface area contributed by atoms with E-state index in [2.05, 4.69) is 9.31 Å². The van der Waals surface area contributed by atoms with Gasteiger partial charge in [0.1, 0.15) is 0 Å². The maximum absolute atomic E-state index is 16.6. The Bertz CT molecular complexity index is 3640. The van der Waals surface area contributed by atoms with Crippen molar-refractivity contribution in [1.29, 1.82) is 0 Å². The van der Waals surface area contributed by atoms with E-state index < -0.39 is 229 Å². The first-order chi connectivity index (χ1) is 31.2. The highest BCUT2D eigenvalue weighted by molar-refractivity contribution is 6.66. The molecule has 1 aliphatic carbocycles. The van der Waals surface area contributed by atoms with E-state index in [1.54, 1.807) is 0 Å². The molecule has 28 heteroatoms. The van der Waals surface area contributed by atoms with Gasteiger partial charge in [0.05, 0.1) is 43.5 Å². The zero-order valence-electron chi connectivity index (χ0n) is 30.3. The van der Waals surface area contributed by atoms with Crippen LogP contribution in [0.1, 0.15) is 11.1 Å². The van der Waals surface area contributed by atoms with Crippen molar-refractivity contribution in [3.05, 3.63) is 145 Å². The molecule has 0 amide bonds. The molecule has 0 saturated heterocycles. The van der Waals surface area contributed by atoms with Crippen molar-refractivity contribution in [3.8, 4) is 22.6 Å². The lowest BCUT2D eigenvalue weighted by Gasteiger charge is -2.25. The Balaban J connectivity index is 1.49. The van der Waals surface area contributed by atoms with Gasteiger partial charge in [-0.2, -0.15) is 17.6 Å². The second-order valence-corrected chi connectivity index (χ2v) is 13.9. The fraction of sp³-hybridized carbons (Fsp3) is 0.0256. The molecule has 0 spiro atoms. The van der Waals surface area contributed by atoms with Crippen LogP contribution in [-0.4, -0.2) is 7.12 Å². The smallest absolute Gasteiger partial charge is 0.519 e. The maximum atomic E-state index is 16.6. The van der Waals surface area contributed by atoms with Crippen molar-refractivity contribution in [2.45, 2.75) is 5.92 Å². The van der Waals surface area contributed by atoms with Crippen LogP contribution in [0.2, 0.25) is 0 Å². The summed E-state index contributed by atoms with van der Waals surface area (Å²) in [5, 5.41) is -19.1. The monoisotopic (exact) mass is 986 g/mol. The van der Waals surface area contributed by atoms with Crippen LogP contribution in [0.25, 0.3) is 54.2 Å². The summed E-state index contributed by atoms with van der Waals surface area (Å²) in [4.78, 5) is 0. The van der Waals surface area contributed by atoms with Gasteiger partial charge in [-0.3, -0.25) is 0 Å². The number of halogens is 25. The summed E-state index contributed by atoms with van der Waals surface area (Å²) in [6.45, 7) is 0. The normalized spacial score (nSPS) is 13.3. The van der Waals surface area contributed by atoms with E-state index in [9.17, 15) is 30.7 Å². The third kappa shape index (κ3) is 5.36. The largest absolute Gasteiger partial charge is 0.636 e. The molecule has 2 nitrogen and oxygen atoms in total. The van der Waals surface area contributed by atoms with Crippen LogP contribution in [0.15, 0.2) is 0 Å². The van der Waals surface area contributed by atoms with Crippen LogP contribution in [0.4, 0.5) is 110 Å². The van der Waals surface area contributed by atoms with Crippen molar-refractivity contribution >= 4 is 55.7 Å². The molecule has 9 rings (SSSR count). The molecule has 8 aromatic carbocycles. The second kappa shape index (κ2) is 14.2. The van der Waals surface area contributed by atoms with Gasteiger partial charge in [0.2, 0.25) is 11.6 Å². The number of alkyl halides is 2. The number of fused-ring (bicyclic) bond motifs is 4. The van der Waals surface area contributed by atoms with Gasteiger partial charge in [-0.05, 0) is 0 Å². The Hall–Kier alpha value is -7.03. The summed E-state index contributed by atoms with van der Waals surface area (Å²) >= 11 is 0. The molecular weight excluding hydrogens is 986 g/mol. The van der Waals surface area contributed by atoms with Crippen molar-refractivity contribution < 1.29 is 119 Å². The van der Waals surface area contributed by atoms with E-state index in [0.717, 1.165) is 0 Å². The topological polar surface area (TPSA) is 18.5 Å². The number of benzene rings is 8. The third-order valence-corrected chi connectivity index (χ3v) is 10.7. The number of hydrogen-bond donors (Lipinski definition) is 0. The molecule has 0 N–H and O–H groups in total. The van der Waals surface area contributed by atoms with E-state index in [1.807, 2.05) is 0 Å². The molecule has 346 valence electrons. The zero-order chi connectivity index (χ0) is 49.4. The first kappa shape index (κ1) is 45.1. The van der Waals surface area contributed by atoms with Crippen LogP contribution in [0.3, 0.4) is 0 Å². The molecule has 0 saturated carbocycles. The predicted octanol–water partition coefficient (Wildman–Crippen LogP) is 12.9. The minimum absolute atomic E-state index is 2.08. The SMILES string of the molecule is Fc1c(F)c(F)c2c(c1F)-c1c(F)c(F)c(F)c(OB(Oc3c(F)c(F)c(F)c4c(F)c(F)c(F)c(F)c34)c3c(F)c(F)c4c(F)c(F)c5c(F)c(F)c(F)c6c(F)c(F)c3c4c56)c1C2(F)F. The molecule has 0 radical (unpaired) electrons. The minimum Gasteiger partial charge on any atom is -0.519 e. The second-order valence-electron chi connectivity index (χ2n) is 13.9. The van der Waals surface area contributed by atoms with E-state index in [1.165, 1.54) is 0 Å². The average Bonchev–Trinajstić information content (AvgIpc) is 3.53. The molecule has 0 aromatic heterocycles. The van der Waals surface area contributed by atoms with Crippen molar-refractivity contribution in [1.82, 2.24) is 0 Å². The summed E-state index contributed by atoms with van der Waals surface area (Å²) in [5.74, 6) is -83.0. The quantitative estimate of drug-likeness (QED) is 0.0562. The molecule has 0 heterocycles. The molecule has 0 atom stereocenters. The molecule has 0 fully saturated rings. The van der Waals surface area contributed by atoms with Crippen LogP contribution in [0, 0.1) is 134 Å². The molecule has 8 aromatic rings. The summed E-state index contributed by atoms with van der Waals surface area (Å²) in [6, 6.07) is 0. The Kier molecular flexibility index (Phi) is 9.60. The van der Waals surface area contributed by atoms with Crippen molar-refractivity contribution in [2.24, 2.45) is 0 Å². The van der Waals surface area contributed by atoms with Crippen molar-refractivity contribution in [2.75, 3.05) is 0 Å². The predicted molar refractivity (Wildman–Crippen MR) is 175 cm³/mol. The van der Waals surface area contributed by atoms with Gasteiger partial charge in [0.25, 0.3) is 0 Å². The van der Waals surface area contributed by atoms with E-state index in [0.29, 0.717) is 0 Å². The van der Waals surface area contributed by atoms with E-state index in [4.69, 9.17) is 0 Å². The molecule has 0 unspecified atom stereocenters. The molecule has 0 bridgehead atoms. The summed E-state index contributed by atoms with van der Waals surface area (Å²) in [7, 11) is -4.52. The fourth-order valence-electron chi connectivity index (χ4n) is 7.88. The maximum Gasteiger partial charge on any atom is 0.636 e. The minimum atomic E-state index is -5.89.